The van der Waals surface area contributed by atoms with Gasteiger partial charge in [-0.1, -0.05) is 6.92 Å². The Hall–Kier alpha value is -0.450. The number of rotatable bonds is 5. The van der Waals surface area contributed by atoms with Crippen molar-refractivity contribution in [2.75, 3.05) is 26.4 Å². The lowest BCUT2D eigenvalue weighted by molar-refractivity contribution is -0.157. The Bertz CT molecular complexity index is 294. The maximum absolute atomic E-state index is 12.3. The standard InChI is InChI=1S/C15H27NO3/c1-12(11-16)2-3-14(17)13-4-7-19-15(10-13)5-8-18-9-6-15/h12-13H,2-11,16H2,1H3. The van der Waals surface area contributed by atoms with Gasteiger partial charge in [-0.15, -0.1) is 0 Å². The molecular formula is C15H27NO3. The van der Waals surface area contributed by atoms with Crippen LogP contribution in [0.1, 0.15) is 45.4 Å². The Morgan fingerprint density at radius 1 is 1.37 bits per heavy atom. The molecule has 0 aromatic rings. The lowest BCUT2D eigenvalue weighted by Crippen LogP contribution is -2.45. The van der Waals surface area contributed by atoms with Crippen LogP contribution in [0, 0.1) is 11.8 Å². The quantitative estimate of drug-likeness (QED) is 0.828. The SMILES string of the molecule is CC(CN)CCC(=O)C1CCOC2(CCOCC2)C1. The van der Waals surface area contributed by atoms with Crippen LogP contribution >= 0.6 is 0 Å². The minimum absolute atomic E-state index is 0.0731. The first-order valence-electron chi connectivity index (χ1n) is 7.60. The van der Waals surface area contributed by atoms with Crippen molar-refractivity contribution in [3.63, 3.8) is 0 Å². The summed E-state index contributed by atoms with van der Waals surface area (Å²) in [6.07, 6.45) is 5.26. The van der Waals surface area contributed by atoms with Crippen molar-refractivity contribution < 1.29 is 14.3 Å². The summed E-state index contributed by atoms with van der Waals surface area (Å²) < 4.78 is 11.4. The van der Waals surface area contributed by atoms with E-state index in [4.69, 9.17) is 15.2 Å². The first kappa shape index (κ1) is 14.9. The van der Waals surface area contributed by atoms with Crippen LogP contribution in [0.25, 0.3) is 0 Å². The van der Waals surface area contributed by atoms with Gasteiger partial charge < -0.3 is 15.2 Å². The Morgan fingerprint density at radius 3 is 2.79 bits per heavy atom. The number of hydrogen-bond donors (Lipinski definition) is 1. The zero-order chi connectivity index (χ0) is 13.7. The maximum atomic E-state index is 12.3. The first-order chi connectivity index (χ1) is 9.15. The van der Waals surface area contributed by atoms with Crippen molar-refractivity contribution in [1.82, 2.24) is 0 Å². The van der Waals surface area contributed by atoms with E-state index in [0.717, 1.165) is 51.9 Å². The molecule has 110 valence electrons. The molecule has 0 amide bonds. The van der Waals surface area contributed by atoms with E-state index >= 15 is 0 Å². The molecule has 19 heavy (non-hydrogen) atoms. The lowest BCUT2D eigenvalue weighted by Gasteiger charge is -2.43. The van der Waals surface area contributed by atoms with Crippen molar-refractivity contribution in [1.29, 1.82) is 0 Å². The van der Waals surface area contributed by atoms with Gasteiger partial charge in [-0.2, -0.15) is 0 Å². The van der Waals surface area contributed by atoms with Gasteiger partial charge >= 0.3 is 0 Å². The van der Waals surface area contributed by atoms with Gasteiger partial charge in [0.25, 0.3) is 0 Å². The molecule has 0 aliphatic carbocycles. The van der Waals surface area contributed by atoms with Crippen LogP contribution in [0.4, 0.5) is 0 Å². The highest BCUT2D eigenvalue weighted by molar-refractivity contribution is 5.81. The zero-order valence-electron chi connectivity index (χ0n) is 12.0. The second kappa shape index (κ2) is 6.82. The third kappa shape index (κ3) is 4.01. The molecule has 2 atom stereocenters. The van der Waals surface area contributed by atoms with Crippen LogP contribution in [0.15, 0.2) is 0 Å². The first-order valence-corrected chi connectivity index (χ1v) is 7.60. The van der Waals surface area contributed by atoms with Gasteiger partial charge in [-0.3, -0.25) is 4.79 Å². The van der Waals surface area contributed by atoms with Gasteiger partial charge in [0, 0.05) is 32.2 Å². The van der Waals surface area contributed by atoms with Crippen molar-refractivity contribution in [3.05, 3.63) is 0 Å². The molecule has 2 saturated heterocycles. The predicted molar refractivity (Wildman–Crippen MR) is 73.9 cm³/mol. The summed E-state index contributed by atoms with van der Waals surface area (Å²) in [7, 11) is 0. The van der Waals surface area contributed by atoms with E-state index in [1.807, 2.05) is 0 Å². The van der Waals surface area contributed by atoms with Gasteiger partial charge in [-0.05, 0) is 44.6 Å². The van der Waals surface area contributed by atoms with E-state index in [1.165, 1.54) is 0 Å². The van der Waals surface area contributed by atoms with Crippen LogP contribution in [0.3, 0.4) is 0 Å². The van der Waals surface area contributed by atoms with Crippen molar-refractivity contribution in [3.8, 4) is 0 Å². The van der Waals surface area contributed by atoms with Gasteiger partial charge in [0.2, 0.25) is 0 Å². The molecule has 2 N–H and O–H groups in total. The largest absolute Gasteiger partial charge is 0.381 e. The maximum Gasteiger partial charge on any atom is 0.136 e. The van der Waals surface area contributed by atoms with Gasteiger partial charge in [0.1, 0.15) is 5.78 Å². The number of nitrogens with two attached hydrogens (primary N) is 1. The highest BCUT2D eigenvalue weighted by atomic mass is 16.5. The van der Waals surface area contributed by atoms with Crippen LogP contribution in [0.5, 0.6) is 0 Å². The minimum Gasteiger partial charge on any atom is -0.381 e. The highest BCUT2D eigenvalue weighted by Gasteiger charge is 2.40. The summed E-state index contributed by atoms with van der Waals surface area (Å²) in [5, 5.41) is 0. The average Bonchev–Trinajstić information content (AvgIpc) is 2.45. The van der Waals surface area contributed by atoms with E-state index in [0.29, 0.717) is 24.7 Å². The topological polar surface area (TPSA) is 61.6 Å². The van der Waals surface area contributed by atoms with Crippen LogP contribution in [0.2, 0.25) is 0 Å². The molecule has 4 nitrogen and oxygen atoms in total. The van der Waals surface area contributed by atoms with Crippen LogP contribution < -0.4 is 5.73 Å². The third-order valence-electron chi connectivity index (χ3n) is 4.64. The second-order valence-corrected chi connectivity index (χ2v) is 6.18. The molecule has 2 unspecified atom stereocenters. The van der Waals surface area contributed by atoms with Crippen molar-refractivity contribution >= 4 is 5.78 Å². The Morgan fingerprint density at radius 2 is 2.11 bits per heavy atom. The lowest BCUT2D eigenvalue weighted by atomic mass is 9.78. The fraction of sp³-hybridized carbons (Fsp3) is 0.933. The molecule has 1 spiro atoms. The molecule has 0 radical (unpaired) electrons. The monoisotopic (exact) mass is 269 g/mol. The Labute approximate surface area is 116 Å². The summed E-state index contributed by atoms with van der Waals surface area (Å²) in [6.45, 7) is 5.04. The fourth-order valence-corrected chi connectivity index (χ4v) is 3.11. The molecule has 2 aliphatic heterocycles. The number of carbonyl (C=O) groups excluding carboxylic acids is 1. The average molecular weight is 269 g/mol. The molecular weight excluding hydrogens is 242 g/mol. The van der Waals surface area contributed by atoms with E-state index in [2.05, 4.69) is 6.92 Å². The van der Waals surface area contributed by atoms with Gasteiger partial charge in [0.15, 0.2) is 0 Å². The molecule has 0 aromatic heterocycles. The smallest absolute Gasteiger partial charge is 0.136 e. The molecule has 2 fully saturated rings. The molecule has 0 bridgehead atoms. The second-order valence-electron chi connectivity index (χ2n) is 6.18. The zero-order valence-corrected chi connectivity index (χ0v) is 12.0. The highest BCUT2D eigenvalue weighted by Crippen LogP contribution is 2.37. The molecule has 2 rings (SSSR count). The summed E-state index contributed by atoms with van der Waals surface area (Å²) in [4.78, 5) is 12.3. The third-order valence-corrected chi connectivity index (χ3v) is 4.64. The minimum atomic E-state index is -0.0731. The summed E-state index contributed by atoms with van der Waals surface area (Å²) in [6, 6.07) is 0. The number of Topliss-reactive ketones (excluding diaryl/α,β-unsaturated/α-hetero) is 1. The fourth-order valence-electron chi connectivity index (χ4n) is 3.11. The molecule has 0 aromatic carbocycles. The van der Waals surface area contributed by atoms with Gasteiger partial charge in [-0.25, -0.2) is 0 Å². The summed E-state index contributed by atoms with van der Waals surface area (Å²) in [5.41, 5.74) is 5.53. The predicted octanol–water partition coefficient (Wildman–Crippen LogP) is 1.91. The molecule has 4 heteroatoms. The number of ketones is 1. The number of ether oxygens (including phenoxy) is 2. The van der Waals surface area contributed by atoms with Gasteiger partial charge in [0.05, 0.1) is 5.60 Å². The van der Waals surface area contributed by atoms with E-state index < -0.39 is 0 Å². The van der Waals surface area contributed by atoms with E-state index in [1.54, 1.807) is 0 Å². The molecule has 0 saturated carbocycles. The Balaban J connectivity index is 1.84. The number of hydrogen-bond acceptors (Lipinski definition) is 4. The number of carbonyl (C=O) groups is 1. The van der Waals surface area contributed by atoms with E-state index in [9.17, 15) is 4.79 Å². The summed E-state index contributed by atoms with van der Waals surface area (Å²) >= 11 is 0. The Kier molecular flexibility index (Phi) is 5.37. The van der Waals surface area contributed by atoms with E-state index in [-0.39, 0.29) is 11.5 Å². The normalized spacial score (nSPS) is 28.2. The van der Waals surface area contributed by atoms with Crippen molar-refractivity contribution in [2.24, 2.45) is 17.6 Å². The van der Waals surface area contributed by atoms with Crippen LogP contribution in [-0.2, 0) is 14.3 Å². The summed E-state index contributed by atoms with van der Waals surface area (Å²) in [5.74, 6) is 1.05. The van der Waals surface area contributed by atoms with Crippen LogP contribution in [-0.4, -0.2) is 37.7 Å². The molecule has 2 heterocycles. The molecule has 2 aliphatic rings. The van der Waals surface area contributed by atoms with Crippen molar-refractivity contribution in [2.45, 2.75) is 51.0 Å².